The van der Waals surface area contributed by atoms with Crippen molar-refractivity contribution in [3.05, 3.63) is 53.4 Å². The summed E-state index contributed by atoms with van der Waals surface area (Å²) in [5.41, 5.74) is 1.79. The molecule has 0 saturated carbocycles. The fourth-order valence-electron chi connectivity index (χ4n) is 2.72. The molecule has 142 valence electrons. The molecule has 8 heteroatoms. The SMILES string of the molecule is CC(C)(C)OC(=O)N1CCc2ncc(NC(=O)c3ccnc(F)c3)cc2C1. The first-order chi connectivity index (χ1) is 12.7. The summed E-state index contributed by atoms with van der Waals surface area (Å²) in [6.45, 7) is 6.33. The van der Waals surface area contributed by atoms with Crippen LogP contribution in [0.15, 0.2) is 30.6 Å². The van der Waals surface area contributed by atoms with E-state index in [1.165, 1.54) is 12.3 Å². The third kappa shape index (κ3) is 4.78. The second-order valence-electron chi connectivity index (χ2n) is 7.30. The van der Waals surface area contributed by atoms with E-state index in [-0.39, 0.29) is 11.7 Å². The maximum atomic E-state index is 13.2. The highest BCUT2D eigenvalue weighted by atomic mass is 19.1. The van der Waals surface area contributed by atoms with Crippen LogP contribution in [0.5, 0.6) is 0 Å². The summed E-state index contributed by atoms with van der Waals surface area (Å²) in [4.78, 5) is 33.9. The Labute approximate surface area is 156 Å². The number of aromatic nitrogens is 2. The van der Waals surface area contributed by atoms with Gasteiger partial charge in [0.05, 0.1) is 18.4 Å². The molecule has 0 atom stereocenters. The first-order valence-corrected chi connectivity index (χ1v) is 8.60. The van der Waals surface area contributed by atoms with Gasteiger partial charge in [0.15, 0.2) is 0 Å². The lowest BCUT2D eigenvalue weighted by Crippen LogP contribution is -2.40. The molecule has 0 spiro atoms. The smallest absolute Gasteiger partial charge is 0.410 e. The van der Waals surface area contributed by atoms with Crippen molar-refractivity contribution in [2.24, 2.45) is 0 Å². The second-order valence-corrected chi connectivity index (χ2v) is 7.30. The molecule has 0 saturated heterocycles. The van der Waals surface area contributed by atoms with Crippen LogP contribution in [-0.4, -0.2) is 39.0 Å². The minimum Gasteiger partial charge on any atom is -0.444 e. The van der Waals surface area contributed by atoms with Crippen molar-refractivity contribution >= 4 is 17.7 Å². The van der Waals surface area contributed by atoms with Crippen molar-refractivity contribution in [2.75, 3.05) is 11.9 Å². The summed E-state index contributed by atoms with van der Waals surface area (Å²) in [7, 11) is 0. The third-order valence-electron chi connectivity index (χ3n) is 3.94. The molecule has 2 aromatic heterocycles. The second kappa shape index (κ2) is 7.30. The summed E-state index contributed by atoms with van der Waals surface area (Å²) < 4.78 is 18.6. The van der Waals surface area contributed by atoms with Gasteiger partial charge in [-0.05, 0) is 38.5 Å². The van der Waals surface area contributed by atoms with E-state index in [1.54, 1.807) is 17.2 Å². The van der Waals surface area contributed by atoms with Crippen LogP contribution in [0.25, 0.3) is 0 Å². The van der Waals surface area contributed by atoms with Gasteiger partial charge >= 0.3 is 6.09 Å². The number of nitrogens with zero attached hydrogens (tertiary/aromatic N) is 3. The van der Waals surface area contributed by atoms with E-state index in [9.17, 15) is 14.0 Å². The number of carbonyl (C=O) groups excluding carboxylic acids is 2. The zero-order chi connectivity index (χ0) is 19.6. The van der Waals surface area contributed by atoms with Crippen LogP contribution >= 0.6 is 0 Å². The fraction of sp³-hybridized carbons (Fsp3) is 0.368. The highest BCUT2D eigenvalue weighted by Crippen LogP contribution is 2.22. The zero-order valence-electron chi connectivity index (χ0n) is 15.5. The van der Waals surface area contributed by atoms with Gasteiger partial charge in [-0.25, -0.2) is 9.78 Å². The Kier molecular flexibility index (Phi) is 5.07. The lowest BCUT2D eigenvalue weighted by molar-refractivity contribution is 0.0222. The average Bonchev–Trinajstić information content (AvgIpc) is 2.59. The molecule has 7 nitrogen and oxygen atoms in total. The van der Waals surface area contributed by atoms with E-state index in [0.29, 0.717) is 25.2 Å². The molecule has 2 amide bonds. The minimum atomic E-state index is -0.723. The molecule has 3 rings (SSSR count). The first-order valence-electron chi connectivity index (χ1n) is 8.60. The van der Waals surface area contributed by atoms with E-state index in [2.05, 4.69) is 15.3 Å². The van der Waals surface area contributed by atoms with E-state index >= 15 is 0 Å². The number of ether oxygens (including phenoxy) is 1. The number of nitrogens with one attached hydrogen (secondary N) is 1. The third-order valence-corrected chi connectivity index (χ3v) is 3.94. The summed E-state index contributed by atoms with van der Waals surface area (Å²) in [6, 6.07) is 4.26. The molecular weight excluding hydrogens is 351 g/mol. The molecular formula is C19H21FN4O3. The van der Waals surface area contributed by atoms with Gasteiger partial charge in [-0.15, -0.1) is 0 Å². The maximum Gasteiger partial charge on any atom is 0.410 e. The summed E-state index contributed by atoms with van der Waals surface area (Å²) >= 11 is 0. The molecule has 0 fully saturated rings. The number of carbonyl (C=O) groups is 2. The van der Waals surface area contributed by atoms with Crippen molar-refractivity contribution in [3.8, 4) is 0 Å². The molecule has 0 unspecified atom stereocenters. The number of rotatable bonds is 2. The van der Waals surface area contributed by atoms with Crippen LogP contribution in [0.3, 0.4) is 0 Å². The summed E-state index contributed by atoms with van der Waals surface area (Å²) in [5, 5.41) is 2.69. The Morgan fingerprint density at radius 1 is 1.26 bits per heavy atom. The van der Waals surface area contributed by atoms with Gasteiger partial charge in [-0.2, -0.15) is 4.39 Å². The Morgan fingerprint density at radius 2 is 2.04 bits per heavy atom. The predicted octanol–water partition coefficient (Wildman–Crippen LogP) is 3.16. The lowest BCUT2D eigenvalue weighted by atomic mass is 10.1. The van der Waals surface area contributed by atoms with Crippen LogP contribution in [0.1, 0.15) is 42.4 Å². The Hall–Kier alpha value is -3.03. The van der Waals surface area contributed by atoms with E-state index in [1.807, 2.05) is 20.8 Å². The molecule has 2 aromatic rings. The standard InChI is InChI=1S/C19H21FN4O3/c1-19(2,3)27-18(26)24-7-5-15-13(11-24)8-14(10-22-15)23-17(25)12-4-6-21-16(20)9-12/h4,6,8-10H,5,7,11H2,1-3H3,(H,23,25). The van der Waals surface area contributed by atoms with Gasteiger partial charge in [0.25, 0.3) is 5.91 Å². The summed E-state index contributed by atoms with van der Waals surface area (Å²) in [6.07, 6.45) is 3.01. The fourth-order valence-corrected chi connectivity index (χ4v) is 2.72. The van der Waals surface area contributed by atoms with E-state index in [4.69, 9.17) is 4.74 Å². The number of pyridine rings is 2. The van der Waals surface area contributed by atoms with Gasteiger partial charge in [0, 0.05) is 36.5 Å². The molecule has 3 heterocycles. The zero-order valence-corrected chi connectivity index (χ0v) is 15.5. The molecule has 0 aliphatic carbocycles. The van der Waals surface area contributed by atoms with Crippen LogP contribution < -0.4 is 5.32 Å². The largest absolute Gasteiger partial charge is 0.444 e. The maximum absolute atomic E-state index is 13.2. The van der Waals surface area contributed by atoms with Gasteiger partial charge in [-0.3, -0.25) is 9.78 Å². The Bertz CT molecular complexity index is 879. The van der Waals surface area contributed by atoms with Crippen molar-refractivity contribution in [2.45, 2.75) is 39.3 Å². The first kappa shape index (κ1) is 18.8. The van der Waals surface area contributed by atoms with Gasteiger partial charge in [0.1, 0.15) is 5.60 Å². The van der Waals surface area contributed by atoms with Crippen LogP contribution in [-0.2, 0) is 17.7 Å². The normalized spacial score (nSPS) is 13.7. The number of fused-ring (bicyclic) bond motifs is 1. The van der Waals surface area contributed by atoms with Gasteiger partial charge < -0.3 is 15.0 Å². The van der Waals surface area contributed by atoms with Crippen molar-refractivity contribution in [1.29, 1.82) is 0 Å². The molecule has 0 aromatic carbocycles. The van der Waals surface area contributed by atoms with Crippen LogP contribution in [0, 0.1) is 5.95 Å². The molecule has 27 heavy (non-hydrogen) atoms. The molecule has 1 aliphatic rings. The number of halogens is 1. The number of amides is 2. The van der Waals surface area contributed by atoms with E-state index < -0.39 is 17.5 Å². The topological polar surface area (TPSA) is 84.4 Å². The molecule has 1 N–H and O–H groups in total. The lowest BCUT2D eigenvalue weighted by Gasteiger charge is -2.31. The Morgan fingerprint density at radius 3 is 2.74 bits per heavy atom. The molecule has 0 bridgehead atoms. The van der Waals surface area contributed by atoms with Crippen LogP contribution in [0.4, 0.5) is 14.9 Å². The monoisotopic (exact) mass is 372 g/mol. The molecule has 0 radical (unpaired) electrons. The van der Waals surface area contributed by atoms with Gasteiger partial charge in [0.2, 0.25) is 5.95 Å². The number of hydrogen-bond acceptors (Lipinski definition) is 5. The van der Waals surface area contributed by atoms with Crippen molar-refractivity contribution < 1.29 is 18.7 Å². The Balaban J connectivity index is 1.72. The quantitative estimate of drug-likeness (QED) is 0.819. The number of hydrogen-bond donors (Lipinski definition) is 1. The van der Waals surface area contributed by atoms with Crippen molar-refractivity contribution in [1.82, 2.24) is 14.9 Å². The summed E-state index contributed by atoms with van der Waals surface area (Å²) in [5.74, 6) is -1.18. The van der Waals surface area contributed by atoms with Gasteiger partial charge in [-0.1, -0.05) is 0 Å². The highest BCUT2D eigenvalue weighted by molar-refractivity contribution is 6.04. The molecule has 1 aliphatic heterocycles. The average molecular weight is 372 g/mol. The predicted molar refractivity (Wildman–Crippen MR) is 96.7 cm³/mol. The van der Waals surface area contributed by atoms with Crippen molar-refractivity contribution in [3.63, 3.8) is 0 Å². The number of anilines is 1. The van der Waals surface area contributed by atoms with E-state index in [0.717, 1.165) is 17.3 Å². The highest BCUT2D eigenvalue weighted by Gasteiger charge is 2.26. The minimum absolute atomic E-state index is 0.163. The van der Waals surface area contributed by atoms with Crippen LogP contribution in [0.2, 0.25) is 0 Å².